The van der Waals surface area contributed by atoms with E-state index < -0.39 is 0 Å². The van der Waals surface area contributed by atoms with Crippen molar-refractivity contribution in [3.8, 4) is 0 Å². The number of rotatable bonds is 4. The first-order valence-corrected chi connectivity index (χ1v) is 7.11. The Kier molecular flexibility index (Phi) is 4.32. The maximum absolute atomic E-state index is 11.6. The molecular weight excluding hydrogens is 258 g/mol. The van der Waals surface area contributed by atoms with Crippen molar-refractivity contribution < 1.29 is 4.79 Å². The zero-order valence-corrected chi connectivity index (χ0v) is 11.0. The lowest BCUT2D eigenvalue weighted by atomic mass is 10.5. The molecule has 1 aromatic rings. The lowest BCUT2D eigenvalue weighted by Crippen LogP contribution is -2.20. The number of hydrogen-bond donors (Lipinski definition) is 2. The van der Waals surface area contributed by atoms with Gasteiger partial charge in [-0.25, -0.2) is 0 Å². The fourth-order valence-corrected chi connectivity index (χ4v) is 2.63. The second kappa shape index (κ2) is 5.97. The third kappa shape index (κ3) is 3.67. The largest absolute Gasteiger partial charge is 0.363 e. The number of thioether (sulfide) groups is 1. The predicted octanol–water partition coefficient (Wildman–Crippen LogP) is 0.731. The second-order valence-electron chi connectivity index (χ2n) is 3.31. The van der Waals surface area contributed by atoms with E-state index in [1.165, 1.54) is 23.1 Å². The minimum absolute atomic E-state index is 0.0785. The molecule has 0 fully saturated rings. The number of amidine groups is 1. The summed E-state index contributed by atoms with van der Waals surface area (Å²) < 4.78 is 0. The molecule has 0 unspecified atom stereocenters. The van der Waals surface area contributed by atoms with Gasteiger partial charge in [0.05, 0.1) is 12.3 Å². The van der Waals surface area contributed by atoms with E-state index in [1.807, 2.05) is 6.92 Å². The van der Waals surface area contributed by atoms with E-state index >= 15 is 0 Å². The van der Waals surface area contributed by atoms with Crippen molar-refractivity contribution in [2.45, 2.75) is 13.3 Å². The Bertz CT molecular complexity index is 431. The van der Waals surface area contributed by atoms with Crippen LogP contribution in [0.4, 0.5) is 5.13 Å². The SMILES string of the molecule is CCc1nnc(NC(=O)CSC2=NCCN2)s1. The fraction of sp³-hybridized carbons (Fsp3) is 0.556. The number of aliphatic imine (C=N–C) groups is 1. The minimum atomic E-state index is -0.0785. The number of aromatic nitrogens is 2. The molecule has 2 rings (SSSR count). The number of nitrogens with zero attached hydrogens (tertiary/aromatic N) is 3. The molecule has 17 heavy (non-hydrogen) atoms. The molecule has 2 heterocycles. The van der Waals surface area contributed by atoms with Crippen LogP contribution < -0.4 is 10.6 Å². The number of nitrogens with one attached hydrogen (secondary N) is 2. The van der Waals surface area contributed by atoms with E-state index in [1.54, 1.807) is 0 Å². The molecule has 6 nitrogen and oxygen atoms in total. The van der Waals surface area contributed by atoms with Gasteiger partial charge in [0.1, 0.15) is 5.01 Å². The van der Waals surface area contributed by atoms with E-state index in [0.29, 0.717) is 10.9 Å². The van der Waals surface area contributed by atoms with Crippen LogP contribution in [0.25, 0.3) is 0 Å². The molecule has 0 saturated carbocycles. The van der Waals surface area contributed by atoms with Gasteiger partial charge in [0.25, 0.3) is 0 Å². The fourth-order valence-electron chi connectivity index (χ4n) is 1.21. The molecule has 0 aliphatic carbocycles. The van der Waals surface area contributed by atoms with Gasteiger partial charge in [0, 0.05) is 6.54 Å². The van der Waals surface area contributed by atoms with E-state index in [4.69, 9.17) is 0 Å². The van der Waals surface area contributed by atoms with Crippen LogP contribution >= 0.6 is 23.1 Å². The molecule has 1 aliphatic heterocycles. The van der Waals surface area contributed by atoms with Gasteiger partial charge in [-0.2, -0.15) is 0 Å². The first kappa shape index (κ1) is 12.3. The van der Waals surface area contributed by atoms with Crippen LogP contribution in [0.5, 0.6) is 0 Å². The van der Waals surface area contributed by atoms with Crippen LogP contribution in [-0.2, 0) is 11.2 Å². The summed E-state index contributed by atoms with van der Waals surface area (Å²) in [7, 11) is 0. The second-order valence-corrected chi connectivity index (χ2v) is 5.33. The smallest absolute Gasteiger partial charge is 0.236 e. The summed E-state index contributed by atoms with van der Waals surface area (Å²) in [6.07, 6.45) is 0.836. The number of carbonyl (C=O) groups excluding carboxylic acids is 1. The highest BCUT2D eigenvalue weighted by atomic mass is 32.2. The zero-order chi connectivity index (χ0) is 12.1. The summed E-state index contributed by atoms with van der Waals surface area (Å²) in [6.45, 7) is 3.66. The van der Waals surface area contributed by atoms with Crippen molar-refractivity contribution in [2.75, 3.05) is 24.2 Å². The van der Waals surface area contributed by atoms with Crippen LogP contribution in [0, 0.1) is 0 Å². The van der Waals surface area contributed by atoms with Gasteiger partial charge in [-0.1, -0.05) is 30.0 Å². The monoisotopic (exact) mass is 271 g/mol. The Hall–Kier alpha value is -1.15. The number of carbonyl (C=O) groups is 1. The van der Waals surface area contributed by atoms with Crippen LogP contribution in [0.1, 0.15) is 11.9 Å². The van der Waals surface area contributed by atoms with Gasteiger partial charge in [0.2, 0.25) is 11.0 Å². The highest BCUT2D eigenvalue weighted by Crippen LogP contribution is 2.15. The van der Waals surface area contributed by atoms with E-state index in [-0.39, 0.29) is 5.91 Å². The first-order chi connectivity index (χ1) is 8.28. The van der Waals surface area contributed by atoms with Gasteiger partial charge < -0.3 is 5.32 Å². The highest BCUT2D eigenvalue weighted by molar-refractivity contribution is 8.14. The summed E-state index contributed by atoms with van der Waals surface area (Å²) in [4.78, 5) is 15.8. The summed E-state index contributed by atoms with van der Waals surface area (Å²) in [5, 5.41) is 16.0. The standard InChI is InChI=1S/C9H13N5OS2/c1-2-7-13-14-9(17-7)12-6(15)5-16-8-10-3-4-11-8/h2-5H2,1H3,(H,10,11)(H,12,14,15). The van der Waals surface area contributed by atoms with Crippen molar-refractivity contribution in [1.82, 2.24) is 15.5 Å². The molecule has 2 N–H and O–H groups in total. The predicted molar refractivity (Wildman–Crippen MR) is 70.7 cm³/mol. The molecule has 8 heteroatoms. The van der Waals surface area contributed by atoms with Gasteiger partial charge in [-0.15, -0.1) is 10.2 Å². The maximum atomic E-state index is 11.6. The number of hydrogen-bond acceptors (Lipinski definition) is 7. The lowest BCUT2D eigenvalue weighted by Gasteiger charge is -2.01. The Morgan fingerprint density at radius 1 is 1.59 bits per heavy atom. The molecule has 1 aliphatic rings. The van der Waals surface area contributed by atoms with E-state index in [9.17, 15) is 4.79 Å². The topological polar surface area (TPSA) is 79.3 Å². The number of aryl methyl sites for hydroxylation is 1. The van der Waals surface area contributed by atoms with Crippen LogP contribution in [0.3, 0.4) is 0 Å². The average molecular weight is 271 g/mol. The molecular formula is C9H13N5OS2. The van der Waals surface area contributed by atoms with Crippen molar-refractivity contribution in [3.05, 3.63) is 5.01 Å². The molecule has 0 radical (unpaired) electrons. The normalized spacial score (nSPS) is 14.3. The Morgan fingerprint density at radius 2 is 2.47 bits per heavy atom. The van der Waals surface area contributed by atoms with Crippen molar-refractivity contribution in [1.29, 1.82) is 0 Å². The van der Waals surface area contributed by atoms with E-state index in [2.05, 4.69) is 25.8 Å². The lowest BCUT2D eigenvalue weighted by molar-refractivity contribution is -0.113. The molecule has 1 aromatic heterocycles. The number of amides is 1. The third-order valence-corrected chi connectivity index (χ3v) is 3.94. The minimum Gasteiger partial charge on any atom is -0.363 e. The molecule has 0 saturated heterocycles. The number of anilines is 1. The quantitative estimate of drug-likeness (QED) is 0.844. The summed E-state index contributed by atoms with van der Waals surface area (Å²) in [5.74, 6) is 0.262. The average Bonchev–Trinajstić information content (AvgIpc) is 2.97. The molecule has 92 valence electrons. The van der Waals surface area contributed by atoms with Crippen molar-refractivity contribution in [3.63, 3.8) is 0 Å². The van der Waals surface area contributed by atoms with Gasteiger partial charge in [0.15, 0.2) is 5.17 Å². The highest BCUT2D eigenvalue weighted by Gasteiger charge is 2.11. The van der Waals surface area contributed by atoms with Crippen LogP contribution in [0.2, 0.25) is 0 Å². The van der Waals surface area contributed by atoms with Gasteiger partial charge in [-0.3, -0.25) is 15.1 Å². The molecule has 0 aromatic carbocycles. The Labute approximate surface area is 107 Å². The molecule has 0 bridgehead atoms. The third-order valence-electron chi connectivity index (χ3n) is 2.00. The maximum Gasteiger partial charge on any atom is 0.236 e. The van der Waals surface area contributed by atoms with Crippen LogP contribution in [-0.4, -0.2) is 40.1 Å². The van der Waals surface area contributed by atoms with Gasteiger partial charge in [-0.05, 0) is 6.42 Å². The van der Waals surface area contributed by atoms with Crippen molar-refractivity contribution >= 4 is 39.3 Å². The molecule has 0 atom stereocenters. The van der Waals surface area contributed by atoms with Crippen LogP contribution in [0.15, 0.2) is 4.99 Å². The van der Waals surface area contributed by atoms with E-state index in [0.717, 1.165) is 29.7 Å². The summed E-state index contributed by atoms with van der Waals surface area (Å²) in [6, 6.07) is 0. The Morgan fingerprint density at radius 3 is 3.12 bits per heavy atom. The zero-order valence-electron chi connectivity index (χ0n) is 9.39. The first-order valence-electron chi connectivity index (χ1n) is 5.31. The molecule has 1 amide bonds. The van der Waals surface area contributed by atoms with Crippen molar-refractivity contribution in [2.24, 2.45) is 4.99 Å². The molecule has 0 spiro atoms. The summed E-state index contributed by atoms with van der Waals surface area (Å²) in [5.41, 5.74) is 0. The Balaban J connectivity index is 1.76. The summed E-state index contributed by atoms with van der Waals surface area (Å²) >= 11 is 2.82. The van der Waals surface area contributed by atoms with Gasteiger partial charge >= 0.3 is 0 Å².